The van der Waals surface area contributed by atoms with Gasteiger partial charge < -0.3 is 10.6 Å². The predicted molar refractivity (Wildman–Crippen MR) is 92.6 cm³/mol. The zero-order valence-corrected chi connectivity index (χ0v) is 14.7. The quantitative estimate of drug-likeness (QED) is 0.825. The van der Waals surface area contributed by atoms with Crippen LogP contribution in [0.5, 0.6) is 0 Å². The monoisotopic (exact) mass is 339 g/mol. The maximum Gasteiger partial charge on any atom is 0.237 e. The molecule has 2 aliphatic heterocycles. The lowest BCUT2D eigenvalue weighted by Gasteiger charge is -2.28. The third-order valence-corrected chi connectivity index (χ3v) is 4.53. The van der Waals surface area contributed by atoms with Crippen molar-refractivity contribution in [3.63, 3.8) is 0 Å². The molecule has 2 N–H and O–H groups in total. The van der Waals surface area contributed by atoms with Crippen LogP contribution in [-0.2, 0) is 4.79 Å². The van der Waals surface area contributed by atoms with Crippen LogP contribution in [-0.4, -0.2) is 49.6 Å². The first-order valence-electron chi connectivity index (χ1n) is 8.00. The Labute approximate surface area is 141 Å². The van der Waals surface area contributed by atoms with Crippen LogP contribution in [0.4, 0.5) is 0 Å². The van der Waals surface area contributed by atoms with Gasteiger partial charge in [0.05, 0.1) is 6.04 Å². The number of carbonyl (C=O) groups is 1. The molecule has 4 nitrogen and oxygen atoms in total. The summed E-state index contributed by atoms with van der Waals surface area (Å²) in [6, 6.07) is 0.0367. The van der Waals surface area contributed by atoms with E-state index in [2.05, 4.69) is 22.5 Å². The van der Waals surface area contributed by atoms with Gasteiger partial charge in [-0.3, -0.25) is 9.69 Å². The summed E-state index contributed by atoms with van der Waals surface area (Å²) in [6.07, 6.45) is 7.60. The highest BCUT2D eigenvalue weighted by Crippen LogP contribution is 2.13. The summed E-state index contributed by atoms with van der Waals surface area (Å²) in [5.74, 6) is 0.835. The van der Waals surface area contributed by atoms with Crippen LogP contribution in [0.1, 0.15) is 45.4 Å². The number of hydrogen-bond acceptors (Lipinski definition) is 3. The normalized spacial score (nSPS) is 24.9. The number of likely N-dealkylation sites (tertiary alicyclic amines) is 1. The standard InChI is InChI=1S/C15H29N3O.2ClH/c1-13(18-9-4-2-3-5-10-18)15(19)17-12-14-7-6-8-16-11-14;;/h13-14,16H,2-12H2,1H3,(H,17,19);2*1H. The minimum atomic E-state index is 0. The number of nitrogens with zero attached hydrogens (tertiary/aromatic N) is 1. The van der Waals surface area contributed by atoms with Gasteiger partial charge in [0.1, 0.15) is 0 Å². The molecule has 2 fully saturated rings. The maximum atomic E-state index is 12.2. The van der Waals surface area contributed by atoms with Crippen LogP contribution >= 0.6 is 24.8 Å². The average Bonchev–Trinajstić information content (AvgIpc) is 2.74. The molecule has 0 aromatic carbocycles. The molecule has 0 aromatic heterocycles. The Kier molecular flexibility index (Phi) is 11.5. The molecule has 2 aliphatic rings. The van der Waals surface area contributed by atoms with Gasteiger partial charge in [-0.05, 0) is 64.7 Å². The van der Waals surface area contributed by atoms with Crippen LogP contribution < -0.4 is 10.6 Å². The number of amides is 1. The summed E-state index contributed by atoms with van der Waals surface area (Å²) in [4.78, 5) is 14.6. The van der Waals surface area contributed by atoms with Gasteiger partial charge in [0.2, 0.25) is 5.91 Å². The van der Waals surface area contributed by atoms with Gasteiger partial charge in [0.15, 0.2) is 0 Å². The Morgan fingerprint density at radius 2 is 1.86 bits per heavy atom. The van der Waals surface area contributed by atoms with Crippen LogP contribution in [0, 0.1) is 5.92 Å². The van der Waals surface area contributed by atoms with Crippen molar-refractivity contribution in [3.8, 4) is 0 Å². The first kappa shape index (κ1) is 21.0. The first-order chi connectivity index (χ1) is 9.27. The van der Waals surface area contributed by atoms with E-state index in [1.165, 1.54) is 38.5 Å². The molecule has 2 saturated heterocycles. The molecule has 2 unspecified atom stereocenters. The Balaban J connectivity index is 0.00000200. The molecule has 2 heterocycles. The van der Waals surface area contributed by atoms with E-state index in [0.717, 1.165) is 32.7 Å². The highest BCUT2D eigenvalue weighted by molar-refractivity contribution is 5.85. The lowest BCUT2D eigenvalue weighted by molar-refractivity contribution is -0.126. The number of carbonyl (C=O) groups excluding carboxylic acids is 1. The maximum absolute atomic E-state index is 12.2. The van der Waals surface area contributed by atoms with Crippen LogP contribution in [0.15, 0.2) is 0 Å². The molecule has 0 radical (unpaired) electrons. The Morgan fingerprint density at radius 1 is 1.19 bits per heavy atom. The van der Waals surface area contributed by atoms with E-state index < -0.39 is 0 Å². The molecule has 0 bridgehead atoms. The van der Waals surface area contributed by atoms with Crippen LogP contribution in [0.3, 0.4) is 0 Å². The average molecular weight is 340 g/mol. The van der Waals surface area contributed by atoms with Crippen molar-refractivity contribution >= 4 is 30.7 Å². The highest BCUT2D eigenvalue weighted by Gasteiger charge is 2.22. The second-order valence-corrected chi connectivity index (χ2v) is 6.08. The molecular formula is C15H31Cl2N3O. The third kappa shape index (κ3) is 7.18. The number of piperidine rings is 1. The van der Waals surface area contributed by atoms with E-state index in [4.69, 9.17) is 0 Å². The van der Waals surface area contributed by atoms with Crippen molar-refractivity contribution in [2.45, 2.75) is 51.5 Å². The molecule has 0 aliphatic carbocycles. The van der Waals surface area contributed by atoms with Crippen molar-refractivity contribution in [1.29, 1.82) is 0 Å². The molecule has 2 rings (SSSR count). The van der Waals surface area contributed by atoms with E-state index in [9.17, 15) is 4.79 Å². The molecule has 0 aromatic rings. The lowest BCUT2D eigenvalue weighted by Crippen LogP contribution is -2.47. The number of hydrogen-bond donors (Lipinski definition) is 2. The minimum Gasteiger partial charge on any atom is -0.354 e. The summed E-state index contributed by atoms with van der Waals surface area (Å²) in [5, 5.41) is 6.55. The van der Waals surface area contributed by atoms with Gasteiger partial charge in [-0.15, -0.1) is 24.8 Å². The molecule has 0 spiro atoms. The summed E-state index contributed by atoms with van der Waals surface area (Å²) in [7, 11) is 0. The molecule has 21 heavy (non-hydrogen) atoms. The lowest BCUT2D eigenvalue weighted by atomic mass is 10.00. The van der Waals surface area contributed by atoms with Gasteiger partial charge in [-0.2, -0.15) is 0 Å². The Bertz CT molecular complexity index is 278. The number of nitrogens with one attached hydrogen (secondary N) is 2. The van der Waals surface area contributed by atoms with Crippen molar-refractivity contribution < 1.29 is 4.79 Å². The van der Waals surface area contributed by atoms with E-state index in [1.807, 2.05) is 0 Å². The van der Waals surface area contributed by atoms with Gasteiger partial charge >= 0.3 is 0 Å². The van der Waals surface area contributed by atoms with Crippen molar-refractivity contribution in [1.82, 2.24) is 15.5 Å². The highest BCUT2D eigenvalue weighted by atomic mass is 35.5. The molecule has 1 amide bonds. The first-order valence-corrected chi connectivity index (χ1v) is 8.00. The summed E-state index contributed by atoms with van der Waals surface area (Å²) in [6.45, 7) is 7.25. The fourth-order valence-electron chi connectivity index (χ4n) is 3.14. The van der Waals surface area contributed by atoms with E-state index in [-0.39, 0.29) is 36.8 Å². The predicted octanol–water partition coefficient (Wildman–Crippen LogP) is 2.21. The molecular weight excluding hydrogens is 309 g/mol. The molecule has 126 valence electrons. The number of rotatable bonds is 4. The zero-order valence-electron chi connectivity index (χ0n) is 13.1. The summed E-state index contributed by atoms with van der Waals surface area (Å²) in [5.41, 5.74) is 0. The van der Waals surface area contributed by atoms with Crippen LogP contribution in [0.25, 0.3) is 0 Å². The van der Waals surface area contributed by atoms with Gasteiger partial charge in [-0.1, -0.05) is 12.8 Å². The largest absolute Gasteiger partial charge is 0.354 e. The minimum absolute atomic E-state index is 0. The van der Waals surface area contributed by atoms with Gasteiger partial charge in [0.25, 0.3) is 0 Å². The van der Waals surface area contributed by atoms with Crippen molar-refractivity contribution in [3.05, 3.63) is 0 Å². The second-order valence-electron chi connectivity index (χ2n) is 6.08. The van der Waals surface area contributed by atoms with Crippen molar-refractivity contribution in [2.24, 2.45) is 5.92 Å². The van der Waals surface area contributed by atoms with E-state index in [1.54, 1.807) is 0 Å². The third-order valence-electron chi connectivity index (χ3n) is 4.53. The molecule has 6 heteroatoms. The number of halogens is 2. The topological polar surface area (TPSA) is 44.4 Å². The molecule has 2 atom stereocenters. The van der Waals surface area contributed by atoms with E-state index in [0.29, 0.717) is 5.92 Å². The van der Waals surface area contributed by atoms with Crippen LogP contribution in [0.2, 0.25) is 0 Å². The Hall–Kier alpha value is -0.0300. The van der Waals surface area contributed by atoms with Crippen molar-refractivity contribution in [2.75, 3.05) is 32.7 Å². The SMILES string of the molecule is CC(C(=O)NCC1CCCNC1)N1CCCCCC1.Cl.Cl. The summed E-state index contributed by atoms with van der Waals surface area (Å²) >= 11 is 0. The zero-order chi connectivity index (χ0) is 13.5. The molecule has 0 saturated carbocycles. The Morgan fingerprint density at radius 3 is 2.43 bits per heavy atom. The fraction of sp³-hybridized carbons (Fsp3) is 0.933. The second kappa shape index (κ2) is 11.5. The van der Waals surface area contributed by atoms with Gasteiger partial charge in [-0.25, -0.2) is 0 Å². The van der Waals surface area contributed by atoms with E-state index >= 15 is 0 Å². The summed E-state index contributed by atoms with van der Waals surface area (Å²) < 4.78 is 0. The smallest absolute Gasteiger partial charge is 0.237 e. The fourth-order valence-corrected chi connectivity index (χ4v) is 3.14. The van der Waals surface area contributed by atoms with Gasteiger partial charge in [0, 0.05) is 6.54 Å².